The summed E-state index contributed by atoms with van der Waals surface area (Å²) in [6.45, 7) is 3.19. The zero-order valence-corrected chi connectivity index (χ0v) is 13.1. The Balaban J connectivity index is 1.68. The lowest BCUT2D eigenvalue weighted by Crippen LogP contribution is -2.44. The first kappa shape index (κ1) is 15.6. The number of hydrogen-bond donors (Lipinski definition) is 3. The number of hydrogen-bond acceptors (Lipinski definition) is 5. The van der Waals surface area contributed by atoms with E-state index in [1.165, 1.54) is 0 Å². The van der Waals surface area contributed by atoms with Crippen LogP contribution in [0.5, 0.6) is 0 Å². The van der Waals surface area contributed by atoms with Crippen molar-refractivity contribution in [1.29, 1.82) is 0 Å². The highest BCUT2D eigenvalue weighted by molar-refractivity contribution is 5.95. The molecule has 1 unspecified atom stereocenters. The number of aryl methyl sites for hydroxylation is 1. The van der Waals surface area contributed by atoms with Crippen molar-refractivity contribution < 1.29 is 9.53 Å². The van der Waals surface area contributed by atoms with Gasteiger partial charge in [0.1, 0.15) is 5.82 Å². The summed E-state index contributed by atoms with van der Waals surface area (Å²) in [7, 11) is 0. The smallest absolute Gasteiger partial charge is 0.241 e. The van der Waals surface area contributed by atoms with Crippen LogP contribution in [0.15, 0.2) is 24.3 Å². The van der Waals surface area contributed by atoms with E-state index in [0.29, 0.717) is 24.7 Å². The summed E-state index contributed by atoms with van der Waals surface area (Å²) in [5, 5.41) is 9.82. The Kier molecular flexibility index (Phi) is 4.68. The molecule has 7 nitrogen and oxygen atoms in total. The minimum absolute atomic E-state index is 0.166. The standard InChI is InChI=1S/C16H21N5O2/c1-10-18-15(21-20-10)12-3-2-4-13(9-12)19-16(22)14(17)11-5-7-23-8-6-11/h2-4,9,11,14H,5-8,17H2,1H3,(H,19,22)(H,18,20,21). The summed E-state index contributed by atoms with van der Waals surface area (Å²) in [6.07, 6.45) is 1.65. The van der Waals surface area contributed by atoms with Gasteiger partial charge >= 0.3 is 0 Å². The van der Waals surface area contributed by atoms with Gasteiger partial charge < -0.3 is 15.8 Å². The molecule has 0 radical (unpaired) electrons. The van der Waals surface area contributed by atoms with Crippen LogP contribution in [-0.2, 0) is 9.53 Å². The Labute approximate surface area is 134 Å². The second kappa shape index (κ2) is 6.89. The molecule has 1 atom stereocenters. The van der Waals surface area contributed by atoms with Gasteiger partial charge in [0.25, 0.3) is 0 Å². The highest BCUT2D eigenvalue weighted by Gasteiger charge is 2.26. The van der Waals surface area contributed by atoms with Gasteiger partial charge in [-0.2, -0.15) is 5.10 Å². The van der Waals surface area contributed by atoms with E-state index in [1.807, 2.05) is 31.2 Å². The second-order valence-electron chi connectivity index (χ2n) is 5.79. The first-order valence-corrected chi connectivity index (χ1v) is 7.77. The van der Waals surface area contributed by atoms with Crippen molar-refractivity contribution in [2.75, 3.05) is 18.5 Å². The zero-order valence-electron chi connectivity index (χ0n) is 13.1. The van der Waals surface area contributed by atoms with E-state index in [2.05, 4.69) is 20.5 Å². The summed E-state index contributed by atoms with van der Waals surface area (Å²) in [5.41, 5.74) is 7.63. The molecule has 0 aliphatic carbocycles. The molecule has 0 saturated carbocycles. The quantitative estimate of drug-likeness (QED) is 0.792. The highest BCUT2D eigenvalue weighted by Crippen LogP contribution is 2.21. The van der Waals surface area contributed by atoms with Crippen molar-refractivity contribution in [2.24, 2.45) is 11.7 Å². The summed E-state index contributed by atoms with van der Waals surface area (Å²) in [5.74, 6) is 1.35. The van der Waals surface area contributed by atoms with Gasteiger partial charge in [0.2, 0.25) is 5.91 Å². The Morgan fingerprint density at radius 1 is 1.43 bits per heavy atom. The molecule has 122 valence electrons. The molecule has 1 fully saturated rings. The fourth-order valence-corrected chi connectivity index (χ4v) is 2.72. The van der Waals surface area contributed by atoms with Gasteiger partial charge in [-0.05, 0) is 37.8 Å². The third-order valence-electron chi connectivity index (χ3n) is 4.06. The first-order valence-electron chi connectivity index (χ1n) is 7.77. The number of carbonyl (C=O) groups excluding carboxylic acids is 1. The molecule has 0 spiro atoms. The fourth-order valence-electron chi connectivity index (χ4n) is 2.72. The van der Waals surface area contributed by atoms with Crippen LogP contribution in [-0.4, -0.2) is 40.3 Å². The molecular formula is C16H21N5O2. The topological polar surface area (TPSA) is 106 Å². The number of aromatic amines is 1. The van der Waals surface area contributed by atoms with E-state index in [-0.39, 0.29) is 11.8 Å². The average molecular weight is 315 g/mol. The molecule has 23 heavy (non-hydrogen) atoms. The van der Waals surface area contributed by atoms with Crippen molar-refractivity contribution in [1.82, 2.24) is 15.2 Å². The molecule has 0 bridgehead atoms. The van der Waals surface area contributed by atoms with Crippen LogP contribution in [0, 0.1) is 12.8 Å². The van der Waals surface area contributed by atoms with Crippen molar-refractivity contribution >= 4 is 11.6 Å². The SMILES string of the molecule is Cc1nc(-c2cccc(NC(=O)C(N)C3CCOCC3)c2)n[nH]1. The Morgan fingerprint density at radius 2 is 2.22 bits per heavy atom. The largest absolute Gasteiger partial charge is 0.381 e. The maximum Gasteiger partial charge on any atom is 0.241 e. The number of H-pyrrole nitrogens is 1. The maximum atomic E-state index is 12.3. The van der Waals surface area contributed by atoms with Gasteiger partial charge in [-0.1, -0.05) is 12.1 Å². The molecule has 1 amide bonds. The van der Waals surface area contributed by atoms with E-state index in [9.17, 15) is 4.79 Å². The van der Waals surface area contributed by atoms with Crippen LogP contribution in [0.4, 0.5) is 5.69 Å². The lowest BCUT2D eigenvalue weighted by Gasteiger charge is -2.26. The predicted molar refractivity (Wildman–Crippen MR) is 86.7 cm³/mol. The van der Waals surface area contributed by atoms with Crippen LogP contribution >= 0.6 is 0 Å². The lowest BCUT2D eigenvalue weighted by molar-refractivity contribution is -0.119. The van der Waals surface area contributed by atoms with E-state index in [0.717, 1.165) is 24.2 Å². The summed E-state index contributed by atoms with van der Waals surface area (Å²) in [4.78, 5) is 16.6. The number of amides is 1. The maximum absolute atomic E-state index is 12.3. The van der Waals surface area contributed by atoms with Crippen LogP contribution < -0.4 is 11.1 Å². The van der Waals surface area contributed by atoms with Crippen molar-refractivity contribution in [3.8, 4) is 11.4 Å². The molecule has 1 aliphatic heterocycles. The van der Waals surface area contributed by atoms with Gasteiger partial charge in [-0.3, -0.25) is 9.89 Å². The van der Waals surface area contributed by atoms with Crippen LogP contribution in [0.25, 0.3) is 11.4 Å². The second-order valence-corrected chi connectivity index (χ2v) is 5.79. The predicted octanol–water partition coefficient (Wildman–Crippen LogP) is 1.47. The van der Waals surface area contributed by atoms with E-state index in [4.69, 9.17) is 10.5 Å². The molecule has 2 heterocycles. The van der Waals surface area contributed by atoms with Crippen LogP contribution in [0.1, 0.15) is 18.7 Å². The van der Waals surface area contributed by atoms with Gasteiger partial charge in [-0.25, -0.2) is 4.98 Å². The Hall–Kier alpha value is -2.25. The Bertz CT molecular complexity index is 679. The minimum Gasteiger partial charge on any atom is -0.381 e. The number of anilines is 1. The number of aromatic nitrogens is 3. The molecule has 3 rings (SSSR count). The number of carbonyl (C=O) groups is 1. The van der Waals surface area contributed by atoms with E-state index < -0.39 is 6.04 Å². The number of nitrogens with one attached hydrogen (secondary N) is 2. The number of benzene rings is 1. The molecule has 7 heteroatoms. The third kappa shape index (κ3) is 3.75. The first-order chi connectivity index (χ1) is 11.1. The normalized spacial score (nSPS) is 17.0. The number of ether oxygens (including phenoxy) is 1. The fraction of sp³-hybridized carbons (Fsp3) is 0.438. The molecule has 1 aromatic heterocycles. The van der Waals surface area contributed by atoms with Crippen molar-refractivity contribution in [3.05, 3.63) is 30.1 Å². The zero-order chi connectivity index (χ0) is 16.2. The van der Waals surface area contributed by atoms with Crippen molar-refractivity contribution in [2.45, 2.75) is 25.8 Å². The molecule has 1 saturated heterocycles. The minimum atomic E-state index is -0.520. The number of nitrogens with two attached hydrogens (primary N) is 1. The number of rotatable bonds is 4. The Morgan fingerprint density at radius 3 is 2.91 bits per heavy atom. The lowest BCUT2D eigenvalue weighted by atomic mass is 9.92. The number of nitrogens with zero attached hydrogens (tertiary/aromatic N) is 2. The van der Waals surface area contributed by atoms with Gasteiger partial charge in [0.15, 0.2) is 5.82 Å². The van der Waals surface area contributed by atoms with Gasteiger partial charge in [0.05, 0.1) is 6.04 Å². The molecular weight excluding hydrogens is 294 g/mol. The van der Waals surface area contributed by atoms with Crippen LogP contribution in [0.2, 0.25) is 0 Å². The third-order valence-corrected chi connectivity index (χ3v) is 4.06. The molecule has 4 N–H and O–H groups in total. The highest BCUT2D eigenvalue weighted by atomic mass is 16.5. The molecule has 1 aliphatic rings. The monoisotopic (exact) mass is 315 g/mol. The summed E-state index contributed by atoms with van der Waals surface area (Å²) in [6, 6.07) is 6.91. The average Bonchev–Trinajstić information content (AvgIpc) is 3.02. The van der Waals surface area contributed by atoms with Crippen molar-refractivity contribution in [3.63, 3.8) is 0 Å². The molecule has 2 aromatic rings. The van der Waals surface area contributed by atoms with E-state index >= 15 is 0 Å². The van der Waals surface area contributed by atoms with Gasteiger partial charge in [-0.15, -0.1) is 0 Å². The summed E-state index contributed by atoms with van der Waals surface area (Å²) >= 11 is 0. The van der Waals surface area contributed by atoms with Crippen LogP contribution in [0.3, 0.4) is 0 Å². The molecule has 1 aromatic carbocycles. The van der Waals surface area contributed by atoms with Gasteiger partial charge in [0, 0.05) is 24.5 Å². The van der Waals surface area contributed by atoms with E-state index in [1.54, 1.807) is 0 Å². The summed E-state index contributed by atoms with van der Waals surface area (Å²) < 4.78 is 5.31.